The van der Waals surface area contributed by atoms with Gasteiger partial charge in [0.1, 0.15) is 5.82 Å². The van der Waals surface area contributed by atoms with Gasteiger partial charge in [0, 0.05) is 29.4 Å². The van der Waals surface area contributed by atoms with Crippen molar-refractivity contribution in [2.75, 3.05) is 6.54 Å². The quantitative estimate of drug-likeness (QED) is 0.691. The molecule has 134 valence electrons. The predicted octanol–water partition coefficient (Wildman–Crippen LogP) is 4.17. The van der Waals surface area contributed by atoms with Crippen molar-refractivity contribution in [1.82, 2.24) is 15.0 Å². The molecule has 7 heteroatoms. The largest absolute Gasteiger partial charge is 0.336 e. The van der Waals surface area contributed by atoms with Crippen molar-refractivity contribution in [3.63, 3.8) is 0 Å². The summed E-state index contributed by atoms with van der Waals surface area (Å²) in [6, 6.07) is 6.32. The topological polar surface area (TPSA) is 59.2 Å². The molecule has 0 bridgehead atoms. The summed E-state index contributed by atoms with van der Waals surface area (Å²) in [5.74, 6) is -0.449. The van der Waals surface area contributed by atoms with E-state index in [9.17, 15) is 9.18 Å². The molecule has 0 N–H and O–H groups in total. The van der Waals surface area contributed by atoms with Crippen molar-refractivity contribution in [1.29, 1.82) is 0 Å². The first-order valence-electron chi connectivity index (χ1n) is 8.50. The first kappa shape index (κ1) is 17.0. The van der Waals surface area contributed by atoms with E-state index in [0.717, 1.165) is 18.2 Å². The van der Waals surface area contributed by atoms with Crippen LogP contribution < -0.4 is 0 Å². The SMILES string of the molecule is Cc1noc2ncc(C(=O)N3CCCC3Cc3c(F)cccc3Cl)cc12. The lowest BCUT2D eigenvalue weighted by Crippen LogP contribution is -2.37. The fourth-order valence-corrected chi connectivity index (χ4v) is 3.75. The molecule has 1 saturated heterocycles. The van der Waals surface area contributed by atoms with Gasteiger partial charge in [-0.1, -0.05) is 22.8 Å². The number of rotatable bonds is 3. The van der Waals surface area contributed by atoms with Crippen LogP contribution in [-0.4, -0.2) is 33.5 Å². The van der Waals surface area contributed by atoms with Crippen molar-refractivity contribution in [3.05, 3.63) is 58.1 Å². The molecule has 0 aliphatic carbocycles. The number of carbonyl (C=O) groups is 1. The van der Waals surface area contributed by atoms with Gasteiger partial charge in [0.15, 0.2) is 0 Å². The Morgan fingerprint density at radius 3 is 3.12 bits per heavy atom. The van der Waals surface area contributed by atoms with Gasteiger partial charge in [-0.2, -0.15) is 0 Å². The number of amides is 1. The van der Waals surface area contributed by atoms with E-state index in [1.807, 2.05) is 0 Å². The van der Waals surface area contributed by atoms with Gasteiger partial charge in [-0.3, -0.25) is 4.79 Å². The number of aryl methyl sites for hydroxylation is 1. The number of nitrogens with zero attached hydrogens (tertiary/aromatic N) is 3. The maximum atomic E-state index is 14.1. The van der Waals surface area contributed by atoms with Crippen molar-refractivity contribution >= 4 is 28.6 Å². The number of halogens is 2. The molecule has 1 aliphatic heterocycles. The zero-order chi connectivity index (χ0) is 18.3. The average molecular weight is 374 g/mol. The van der Waals surface area contributed by atoms with Gasteiger partial charge in [-0.05, 0) is 44.4 Å². The Morgan fingerprint density at radius 1 is 1.46 bits per heavy atom. The summed E-state index contributed by atoms with van der Waals surface area (Å²) in [6.45, 7) is 2.44. The molecule has 1 aromatic carbocycles. The smallest absolute Gasteiger partial charge is 0.257 e. The molecular weight excluding hydrogens is 357 g/mol. The third-order valence-electron chi connectivity index (χ3n) is 4.90. The number of hydrogen-bond donors (Lipinski definition) is 0. The zero-order valence-electron chi connectivity index (χ0n) is 14.2. The summed E-state index contributed by atoms with van der Waals surface area (Å²) >= 11 is 6.15. The fraction of sp³-hybridized carbons (Fsp3) is 0.316. The minimum Gasteiger partial charge on any atom is -0.336 e. The zero-order valence-corrected chi connectivity index (χ0v) is 15.0. The first-order chi connectivity index (χ1) is 12.5. The molecule has 1 unspecified atom stereocenters. The van der Waals surface area contributed by atoms with Crippen LogP contribution in [-0.2, 0) is 6.42 Å². The summed E-state index contributed by atoms with van der Waals surface area (Å²) in [5, 5.41) is 4.99. The highest BCUT2D eigenvalue weighted by Gasteiger charge is 2.31. The fourth-order valence-electron chi connectivity index (χ4n) is 3.51. The maximum Gasteiger partial charge on any atom is 0.257 e. The molecule has 4 rings (SSSR count). The van der Waals surface area contributed by atoms with E-state index < -0.39 is 0 Å². The third kappa shape index (κ3) is 2.94. The van der Waals surface area contributed by atoms with Crippen LogP contribution in [0.15, 0.2) is 35.0 Å². The summed E-state index contributed by atoms with van der Waals surface area (Å²) in [5.41, 5.74) is 2.05. The molecule has 3 aromatic rings. The van der Waals surface area contributed by atoms with E-state index in [0.29, 0.717) is 40.5 Å². The van der Waals surface area contributed by atoms with Crippen LogP contribution in [0.3, 0.4) is 0 Å². The van der Waals surface area contributed by atoms with Gasteiger partial charge in [-0.15, -0.1) is 0 Å². The molecule has 1 aliphatic rings. The van der Waals surface area contributed by atoms with Gasteiger partial charge in [0.25, 0.3) is 11.6 Å². The van der Waals surface area contributed by atoms with Crippen LogP contribution in [0.25, 0.3) is 11.1 Å². The van der Waals surface area contributed by atoms with Crippen molar-refractivity contribution < 1.29 is 13.7 Å². The van der Waals surface area contributed by atoms with Crippen LogP contribution in [0.4, 0.5) is 4.39 Å². The maximum absolute atomic E-state index is 14.1. The number of aromatic nitrogens is 2. The lowest BCUT2D eigenvalue weighted by Gasteiger charge is -2.25. The van der Waals surface area contributed by atoms with E-state index in [1.165, 1.54) is 12.3 Å². The molecule has 5 nitrogen and oxygen atoms in total. The lowest BCUT2D eigenvalue weighted by molar-refractivity contribution is 0.0735. The average Bonchev–Trinajstić information content (AvgIpc) is 3.24. The van der Waals surface area contributed by atoms with E-state index in [1.54, 1.807) is 30.0 Å². The molecule has 0 spiro atoms. The molecule has 26 heavy (non-hydrogen) atoms. The minimum atomic E-state index is -0.333. The summed E-state index contributed by atoms with van der Waals surface area (Å²) in [6.07, 6.45) is 3.60. The Kier molecular flexibility index (Phi) is 4.36. The van der Waals surface area contributed by atoms with Crippen LogP contribution in [0.2, 0.25) is 5.02 Å². The molecule has 1 amide bonds. The summed E-state index contributed by atoms with van der Waals surface area (Å²) in [4.78, 5) is 19.0. The van der Waals surface area contributed by atoms with Crippen LogP contribution in [0.5, 0.6) is 0 Å². The second-order valence-corrected chi connectivity index (χ2v) is 6.95. The highest BCUT2D eigenvalue weighted by atomic mass is 35.5. The van der Waals surface area contributed by atoms with Gasteiger partial charge in [0.05, 0.1) is 16.6 Å². The number of likely N-dealkylation sites (tertiary alicyclic amines) is 1. The number of hydrogen-bond acceptors (Lipinski definition) is 4. The monoisotopic (exact) mass is 373 g/mol. The van der Waals surface area contributed by atoms with E-state index >= 15 is 0 Å². The molecule has 1 atom stereocenters. The van der Waals surface area contributed by atoms with E-state index in [4.69, 9.17) is 16.1 Å². The second kappa shape index (κ2) is 6.68. The molecular formula is C19H17ClFN3O2. The third-order valence-corrected chi connectivity index (χ3v) is 5.25. The predicted molar refractivity (Wildman–Crippen MR) is 95.7 cm³/mol. The van der Waals surface area contributed by atoms with E-state index in [2.05, 4.69) is 10.1 Å². The first-order valence-corrected chi connectivity index (χ1v) is 8.88. The van der Waals surface area contributed by atoms with Crippen molar-refractivity contribution in [3.8, 4) is 0 Å². The van der Waals surface area contributed by atoms with E-state index in [-0.39, 0.29) is 17.8 Å². The standard InChI is InChI=1S/C19H17ClFN3O2/c1-11-14-8-12(10-22-18(14)26-23-11)19(25)24-7-3-4-13(24)9-15-16(20)5-2-6-17(15)21/h2,5-6,8,10,13H,3-4,7,9H2,1H3. The minimum absolute atomic E-state index is 0.0869. The van der Waals surface area contributed by atoms with Gasteiger partial charge >= 0.3 is 0 Å². The number of pyridine rings is 1. The van der Waals surface area contributed by atoms with Crippen molar-refractivity contribution in [2.24, 2.45) is 0 Å². The second-order valence-electron chi connectivity index (χ2n) is 6.54. The molecule has 3 heterocycles. The van der Waals surface area contributed by atoms with Gasteiger partial charge < -0.3 is 9.42 Å². The summed E-state index contributed by atoms with van der Waals surface area (Å²) < 4.78 is 19.2. The Labute approximate surface area is 154 Å². The van der Waals surface area contributed by atoms with Crippen molar-refractivity contribution in [2.45, 2.75) is 32.2 Å². The Bertz CT molecular complexity index is 968. The summed E-state index contributed by atoms with van der Waals surface area (Å²) in [7, 11) is 0. The lowest BCUT2D eigenvalue weighted by atomic mass is 10.0. The normalized spacial score (nSPS) is 17.2. The van der Waals surface area contributed by atoms with Crippen LogP contribution in [0.1, 0.15) is 34.5 Å². The van der Waals surface area contributed by atoms with Gasteiger partial charge in [-0.25, -0.2) is 9.37 Å². The molecule has 0 radical (unpaired) electrons. The highest BCUT2D eigenvalue weighted by Crippen LogP contribution is 2.28. The number of carbonyl (C=O) groups excluding carboxylic acids is 1. The molecule has 2 aromatic heterocycles. The Balaban J connectivity index is 1.61. The Hall–Kier alpha value is -2.47. The van der Waals surface area contributed by atoms with Crippen LogP contribution >= 0.6 is 11.6 Å². The Morgan fingerprint density at radius 2 is 2.31 bits per heavy atom. The molecule has 1 fully saturated rings. The number of benzene rings is 1. The van der Waals surface area contributed by atoms with Gasteiger partial charge in [0.2, 0.25) is 0 Å². The number of fused-ring (bicyclic) bond motifs is 1. The van der Waals surface area contributed by atoms with Crippen LogP contribution in [0, 0.1) is 12.7 Å². The molecule has 0 saturated carbocycles. The highest BCUT2D eigenvalue weighted by molar-refractivity contribution is 6.31.